The summed E-state index contributed by atoms with van der Waals surface area (Å²) in [5, 5.41) is 5.82. The Hall–Kier alpha value is -1.00. The van der Waals surface area contributed by atoms with Crippen LogP contribution in [0.15, 0.2) is 0 Å². The molecule has 0 spiro atoms. The van der Waals surface area contributed by atoms with Gasteiger partial charge in [0.05, 0.1) is 0 Å². The highest BCUT2D eigenvalue weighted by Gasteiger charge is 2.06. The minimum atomic E-state index is -1.16. The van der Waals surface area contributed by atoms with Crippen LogP contribution in [0.1, 0.15) is 0 Å². The Labute approximate surface area is 43.9 Å². The lowest BCUT2D eigenvalue weighted by Crippen LogP contribution is -1.93. The minimum absolute atomic E-state index is 0.718. The van der Waals surface area contributed by atoms with Crippen molar-refractivity contribution in [3.8, 4) is 0 Å². The molecular weight excluding hydrogens is 116 g/mol. The number of halogens is 2. The second-order valence-electron chi connectivity index (χ2n) is 1.29. The van der Waals surface area contributed by atoms with Crippen molar-refractivity contribution in [2.45, 2.75) is 0 Å². The van der Waals surface area contributed by atoms with Crippen LogP contribution < -0.4 is 0 Å². The predicted molar refractivity (Wildman–Crippen MR) is 20.9 cm³/mol. The first kappa shape index (κ1) is 5.14. The zero-order valence-electron chi connectivity index (χ0n) is 4.10. The molecule has 0 atom stereocenters. The summed E-state index contributed by atoms with van der Waals surface area (Å²) in [5.41, 5.74) is 0. The third-order valence-corrected chi connectivity index (χ3v) is 0.721. The Balaban J connectivity index is 3.19. The van der Waals surface area contributed by atoms with Gasteiger partial charge in [0.1, 0.15) is 0 Å². The Morgan fingerprint density at radius 3 is 2.25 bits per heavy atom. The predicted octanol–water partition coefficient (Wildman–Crippen LogP) is 0.0933. The van der Waals surface area contributed by atoms with Crippen LogP contribution in [0.5, 0.6) is 0 Å². The molecule has 0 saturated carbocycles. The summed E-state index contributed by atoms with van der Waals surface area (Å²) in [4.78, 5) is 0. The molecule has 0 aliphatic carbocycles. The number of rotatable bonds is 0. The van der Waals surface area contributed by atoms with Gasteiger partial charge in [-0.15, -0.1) is 0 Å². The molecule has 1 rings (SSSR count). The number of aryl methyl sites for hydroxylation is 1. The first-order valence-corrected chi connectivity index (χ1v) is 1.92. The second-order valence-corrected chi connectivity index (χ2v) is 1.29. The van der Waals surface area contributed by atoms with Crippen LogP contribution in [0.3, 0.4) is 0 Å². The molecule has 44 valence electrons. The molecule has 1 heterocycles. The molecule has 0 unspecified atom stereocenters. The van der Waals surface area contributed by atoms with Gasteiger partial charge in [-0.3, -0.25) is 0 Å². The molecule has 0 N–H and O–H groups in total. The summed E-state index contributed by atoms with van der Waals surface area (Å²) >= 11 is 0. The van der Waals surface area contributed by atoms with E-state index in [9.17, 15) is 8.78 Å². The lowest BCUT2D eigenvalue weighted by molar-refractivity contribution is 0.444. The van der Waals surface area contributed by atoms with Crippen LogP contribution in [-0.2, 0) is 7.05 Å². The molecule has 8 heavy (non-hydrogen) atoms. The summed E-state index contributed by atoms with van der Waals surface area (Å²) in [6.45, 7) is 0. The largest absolute Gasteiger partial charge is 0.289 e. The van der Waals surface area contributed by atoms with Crippen LogP contribution >= 0.6 is 0 Å². The molecule has 5 heteroatoms. The lowest BCUT2D eigenvalue weighted by atomic mass is 10.8. The van der Waals surface area contributed by atoms with E-state index in [0.29, 0.717) is 0 Å². The van der Waals surface area contributed by atoms with E-state index in [1.54, 1.807) is 0 Å². The van der Waals surface area contributed by atoms with Crippen molar-refractivity contribution >= 4 is 0 Å². The summed E-state index contributed by atoms with van der Waals surface area (Å²) in [6.07, 6.45) is 0. The van der Waals surface area contributed by atoms with E-state index in [4.69, 9.17) is 0 Å². The SMILES string of the molecule is Cn1nnc(F)c1F. The van der Waals surface area contributed by atoms with Crippen LogP contribution in [0.25, 0.3) is 0 Å². The van der Waals surface area contributed by atoms with Crippen LogP contribution in [0, 0.1) is 11.9 Å². The number of aromatic nitrogens is 3. The van der Waals surface area contributed by atoms with E-state index < -0.39 is 11.9 Å². The van der Waals surface area contributed by atoms with E-state index in [1.807, 2.05) is 0 Å². The van der Waals surface area contributed by atoms with Crippen molar-refractivity contribution in [1.82, 2.24) is 15.0 Å². The summed E-state index contributed by atoms with van der Waals surface area (Å²) in [6, 6.07) is 0. The maximum atomic E-state index is 12.0. The van der Waals surface area contributed by atoms with E-state index >= 15 is 0 Å². The molecule has 0 fully saturated rings. The maximum absolute atomic E-state index is 12.0. The molecule has 1 aromatic rings. The fraction of sp³-hybridized carbons (Fsp3) is 0.333. The van der Waals surface area contributed by atoms with E-state index in [-0.39, 0.29) is 0 Å². The number of hydrogen-bond donors (Lipinski definition) is 0. The Morgan fingerprint density at radius 1 is 1.50 bits per heavy atom. The smallest absolute Gasteiger partial charge is 0.220 e. The van der Waals surface area contributed by atoms with Crippen molar-refractivity contribution in [2.24, 2.45) is 7.05 Å². The molecule has 0 aliphatic rings. The van der Waals surface area contributed by atoms with Crippen LogP contribution in [0.4, 0.5) is 8.78 Å². The van der Waals surface area contributed by atoms with Gasteiger partial charge in [-0.2, -0.15) is 8.78 Å². The van der Waals surface area contributed by atoms with Crippen molar-refractivity contribution in [3.05, 3.63) is 11.9 Å². The van der Waals surface area contributed by atoms with Crippen LogP contribution in [0.2, 0.25) is 0 Å². The van der Waals surface area contributed by atoms with E-state index in [2.05, 4.69) is 10.3 Å². The third-order valence-electron chi connectivity index (χ3n) is 0.721. The topological polar surface area (TPSA) is 30.7 Å². The third kappa shape index (κ3) is 0.556. The van der Waals surface area contributed by atoms with Gasteiger partial charge in [-0.1, -0.05) is 10.3 Å². The Kier molecular flexibility index (Phi) is 0.964. The highest BCUT2D eigenvalue weighted by atomic mass is 19.2. The second kappa shape index (κ2) is 1.50. The van der Waals surface area contributed by atoms with Gasteiger partial charge in [0.15, 0.2) is 0 Å². The molecule has 0 aliphatic heterocycles. The fourth-order valence-corrected chi connectivity index (χ4v) is 0.320. The zero-order valence-corrected chi connectivity index (χ0v) is 4.10. The quantitative estimate of drug-likeness (QED) is 0.484. The monoisotopic (exact) mass is 119 g/mol. The molecule has 0 aromatic carbocycles. The summed E-state index contributed by atoms with van der Waals surface area (Å²) in [7, 11) is 1.27. The molecule has 3 nitrogen and oxygen atoms in total. The van der Waals surface area contributed by atoms with Crippen molar-refractivity contribution in [2.75, 3.05) is 0 Å². The van der Waals surface area contributed by atoms with Crippen molar-refractivity contribution in [3.63, 3.8) is 0 Å². The minimum Gasteiger partial charge on any atom is -0.220 e. The van der Waals surface area contributed by atoms with Gasteiger partial charge < -0.3 is 0 Å². The van der Waals surface area contributed by atoms with Gasteiger partial charge in [-0.05, 0) is 0 Å². The molecule has 0 amide bonds. The van der Waals surface area contributed by atoms with Crippen molar-refractivity contribution < 1.29 is 8.78 Å². The lowest BCUT2D eigenvalue weighted by Gasteiger charge is -1.81. The van der Waals surface area contributed by atoms with Crippen molar-refractivity contribution in [1.29, 1.82) is 0 Å². The maximum Gasteiger partial charge on any atom is 0.289 e. The number of hydrogen-bond acceptors (Lipinski definition) is 2. The van der Waals surface area contributed by atoms with Crippen LogP contribution in [-0.4, -0.2) is 15.0 Å². The summed E-state index contributed by atoms with van der Waals surface area (Å²) in [5.74, 6) is -2.20. The zero-order chi connectivity index (χ0) is 6.15. The molecule has 0 bridgehead atoms. The average molecular weight is 119 g/mol. The summed E-state index contributed by atoms with van der Waals surface area (Å²) < 4.78 is 24.4. The van der Waals surface area contributed by atoms with Gasteiger partial charge in [0.2, 0.25) is 0 Å². The molecular formula is C3H3F2N3. The average Bonchev–Trinajstić information content (AvgIpc) is 1.98. The standard InChI is InChI=1S/C3H3F2N3/c1-8-3(5)2(4)6-7-8/h1H3. The first-order valence-electron chi connectivity index (χ1n) is 1.92. The first-order chi connectivity index (χ1) is 3.72. The Morgan fingerprint density at radius 2 is 2.12 bits per heavy atom. The highest BCUT2D eigenvalue weighted by Crippen LogP contribution is 1.95. The highest BCUT2D eigenvalue weighted by molar-refractivity contribution is 4.73. The van der Waals surface area contributed by atoms with Gasteiger partial charge in [-0.25, -0.2) is 4.68 Å². The fourth-order valence-electron chi connectivity index (χ4n) is 0.320. The van der Waals surface area contributed by atoms with Gasteiger partial charge >= 0.3 is 0 Å². The van der Waals surface area contributed by atoms with E-state index in [0.717, 1.165) is 4.68 Å². The molecule has 1 aromatic heterocycles. The molecule has 0 radical (unpaired) electrons. The van der Waals surface area contributed by atoms with Gasteiger partial charge in [0.25, 0.3) is 11.9 Å². The number of nitrogens with zero attached hydrogens (tertiary/aromatic N) is 3. The molecule has 0 saturated heterocycles. The van der Waals surface area contributed by atoms with Gasteiger partial charge in [0, 0.05) is 7.05 Å². The Bertz CT molecular complexity index is 175. The normalized spacial score (nSPS) is 9.88. The van der Waals surface area contributed by atoms with E-state index in [1.165, 1.54) is 7.05 Å².